The molecule has 0 fully saturated rings. The van der Waals surface area contributed by atoms with E-state index in [1.54, 1.807) is 0 Å². The molecule has 0 aliphatic rings. The fraction of sp³-hybridized carbons (Fsp3) is 0.765. The van der Waals surface area contributed by atoms with Crippen molar-refractivity contribution in [2.75, 3.05) is 106 Å². The van der Waals surface area contributed by atoms with Gasteiger partial charge in [0, 0.05) is 128 Å². The second-order valence-corrected chi connectivity index (χ2v) is 16.8. The van der Waals surface area contributed by atoms with E-state index in [1.165, 1.54) is 0 Å². The molecule has 0 aliphatic heterocycles. The summed E-state index contributed by atoms with van der Waals surface area (Å²) in [5.74, 6) is 3.85. The Morgan fingerprint density at radius 3 is 0.896 bits per heavy atom. The molecule has 2 atom stereocenters. The van der Waals surface area contributed by atoms with Gasteiger partial charge in [0.1, 0.15) is 36.9 Å². The van der Waals surface area contributed by atoms with E-state index < -0.39 is 12.2 Å². The van der Waals surface area contributed by atoms with Crippen LogP contribution in [0.5, 0.6) is 11.5 Å². The van der Waals surface area contributed by atoms with Crippen LogP contribution < -0.4 is 9.47 Å². The molecule has 4 N–H and O–H groups in total. The van der Waals surface area contributed by atoms with Gasteiger partial charge in [0.15, 0.2) is 0 Å². The Morgan fingerprint density at radius 2 is 0.642 bits per heavy atom. The minimum atomic E-state index is -0.489. The number of rotatable bonds is 38. The van der Waals surface area contributed by atoms with Gasteiger partial charge in [0.25, 0.3) is 0 Å². The van der Waals surface area contributed by atoms with Crippen molar-refractivity contribution < 1.29 is 131 Å². The summed E-state index contributed by atoms with van der Waals surface area (Å²) in [5.41, 5.74) is 0. The summed E-state index contributed by atoms with van der Waals surface area (Å²) in [6.45, 7) is 25.1. The van der Waals surface area contributed by atoms with Crippen LogP contribution in [0.1, 0.15) is 114 Å². The topological polar surface area (TPSA) is 173 Å². The molecule has 0 aliphatic carbocycles. The van der Waals surface area contributed by atoms with Crippen molar-refractivity contribution in [1.29, 1.82) is 0 Å². The molecule has 67 heavy (non-hydrogen) atoms. The van der Waals surface area contributed by atoms with Crippen molar-refractivity contribution in [3.05, 3.63) is 60.7 Å². The monoisotopic (exact) mass is 1410 g/mol. The molecular formula is C51H96O14U2. The molecule has 0 saturated carbocycles. The van der Waals surface area contributed by atoms with E-state index in [0.717, 1.165) is 116 Å². The summed E-state index contributed by atoms with van der Waals surface area (Å²) in [7, 11) is 0. The maximum atomic E-state index is 9.22. The van der Waals surface area contributed by atoms with Crippen molar-refractivity contribution in [2.24, 2.45) is 23.7 Å². The first-order valence-electron chi connectivity index (χ1n) is 23.6. The van der Waals surface area contributed by atoms with Crippen LogP contribution in [0.2, 0.25) is 0 Å². The van der Waals surface area contributed by atoms with Gasteiger partial charge in [-0.2, -0.15) is 0 Å². The first-order chi connectivity index (χ1) is 31.0. The molecule has 0 bridgehead atoms. The molecule has 0 aromatic heterocycles. The standard InChI is InChI=1S/2C17H28O5.2C8H18O2.CH4.2U/c2*1-15(2)13-19-10-6-7-11-21-22-17(12-18)14-20-16-8-4-3-5-9-16;2*1-8(2)7-10-6-4-3-5-9;;;/h2*3-5,8-9,15,17-18H,6-7,10-14H2,1-2H3;2*8-9H,3-7H2,1-2H3;1H4;;. The molecule has 2 rings (SSSR count). The summed E-state index contributed by atoms with van der Waals surface area (Å²) >= 11 is 0. The Kier molecular flexibility index (Phi) is 67.7. The molecule has 0 amide bonds. The Morgan fingerprint density at radius 1 is 0.373 bits per heavy atom. The molecule has 2 aromatic carbocycles. The van der Waals surface area contributed by atoms with Crippen LogP contribution >= 0.6 is 0 Å². The molecule has 2 unspecified atom stereocenters. The van der Waals surface area contributed by atoms with Gasteiger partial charge in [-0.1, -0.05) is 99.2 Å². The van der Waals surface area contributed by atoms with Crippen LogP contribution in [0.15, 0.2) is 60.7 Å². The van der Waals surface area contributed by atoms with Gasteiger partial charge in [-0.3, -0.25) is 0 Å². The number of aliphatic hydroxyl groups is 4. The van der Waals surface area contributed by atoms with Gasteiger partial charge < -0.3 is 48.8 Å². The van der Waals surface area contributed by atoms with Crippen LogP contribution in [-0.4, -0.2) is 138 Å². The van der Waals surface area contributed by atoms with Crippen molar-refractivity contribution >= 4 is 0 Å². The number of unbranched alkanes of at least 4 members (excludes halogenated alkanes) is 4. The molecule has 2 aromatic rings. The van der Waals surface area contributed by atoms with E-state index in [9.17, 15) is 10.2 Å². The summed E-state index contributed by atoms with van der Waals surface area (Å²) in [5, 5.41) is 35.3. The predicted molar refractivity (Wildman–Crippen MR) is 260 cm³/mol. The van der Waals surface area contributed by atoms with Crippen LogP contribution in [0, 0.1) is 85.9 Å². The molecule has 0 spiro atoms. The van der Waals surface area contributed by atoms with Crippen molar-refractivity contribution in [3.8, 4) is 11.5 Å². The number of benzene rings is 2. The normalized spacial score (nSPS) is 11.5. The van der Waals surface area contributed by atoms with Crippen LogP contribution in [0.25, 0.3) is 0 Å². The predicted octanol–water partition coefficient (Wildman–Crippen LogP) is 9.15. The number of hydrogen-bond donors (Lipinski definition) is 4. The molecular weight excluding hydrogens is 1310 g/mol. The van der Waals surface area contributed by atoms with Gasteiger partial charge in [-0.05, 0) is 99.3 Å². The maximum absolute atomic E-state index is 9.22. The Bertz CT molecular complexity index is 1070. The smallest absolute Gasteiger partial charge is 0.150 e. The SMILES string of the molecule is C.CC(C)COCCCCO.CC(C)COCCCCO.CC(C)COCCCCOOC(CO)COc1ccccc1.CC(C)COCCCCOOC(CO)COc1ccccc1.[U].[U]. The van der Waals surface area contributed by atoms with Gasteiger partial charge >= 0.3 is 0 Å². The molecule has 0 saturated heterocycles. The fourth-order valence-electron chi connectivity index (χ4n) is 4.56. The zero-order valence-corrected chi connectivity index (χ0v) is 50.4. The number of para-hydroxylation sites is 2. The summed E-state index contributed by atoms with van der Waals surface area (Å²) in [4.78, 5) is 20.5. The van der Waals surface area contributed by atoms with Gasteiger partial charge in [0.05, 0.1) is 26.4 Å². The molecule has 392 valence electrons. The molecule has 14 nitrogen and oxygen atoms in total. The minimum Gasteiger partial charge on any atom is -0.491 e. The van der Waals surface area contributed by atoms with E-state index in [0.29, 0.717) is 36.9 Å². The molecule has 16 heteroatoms. The summed E-state index contributed by atoms with van der Waals surface area (Å²) in [6, 6.07) is 18.8. The van der Waals surface area contributed by atoms with Crippen LogP contribution in [0.4, 0.5) is 0 Å². The third-order valence-electron chi connectivity index (χ3n) is 7.90. The van der Waals surface area contributed by atoms with Crippen molar-refractivity contribution in [1.82, 2.24) is 0 Å². The van der Waals surface area contributed by atoms with E-state index in [2.05, 4.69) is 55.4 Å². The molecule has 0 radical (unpaired) electrons. The van der Waals surface area contributed by atoms with Gasteiger partial charge in [-0.25, -0.2) is 19.6 Å². The van der Waals surface area contributed by atoms with E-state index >= 15 is 0 Å². The zero-order valence-electron chi connectivity index (χ0n) is 42.1. The average Bonchev–Trinajstić information content (AvgIpc) is 3.28. The third kappa shape index (κ3) is 61.7. The Hall–Kier alpha value is -0.336. The van der Waals surface area contributed by atoms with Gasteiger partial charge in [0.2, 0.25) is 0 Å². The summed E-state index contributed by atoms with van der Waals surface area (Å²) in [6.07, 6.45) is 6.27. The second kappa shape index (κ2) is 60.0. The van der Waals surface area contributed by atoms with E-state index in [4.69, 9.17) is 58.2 Å². The van der Waals surface area contributed by atoms with E-state index in [1.807, 2.05) is 60.7 Å². The number of aliphatic hydroxyl groups excluding tert-OH is 4. The quantitative estimate of drug-likeness (QED) is 0.0285. The zero-order chi connectivity index (χ0) is 47.7. The Labute approximate surface area is 455 Å². The largest absolute Gasteiger partial charge is 0.491 e. The maximum Gasteiger partial charge on any atom is 0.150 e. The first kappa shape index (κ1) is 75.6. The van der Waals surface area contributed by atoms with Crippen LogP contribution in [0.3, 0.4) is 0 Å². The first-order valence-corrected chi connectivity index (χ1v) is 23.6. The average molecular weight is 1410 g/mol. The Balaban J connectivity index is -0.000000267. The summed E-state index contributed by atoms with van der Waals surface area (Å²) < 4.78 is 32.5. The van der Waals surface area contributed by atoms with Crippen molar-refractivity contribution in [3.63, 3.8) is 0 Å². The van der Waals surface area contributed by atoms with Crippen LogP contribution in [-0.2, 0) is 38.5 Å². The number of ether oxygens (including phenoxy) is 6. The fourth-order valence-corrected chi connectivity index (χ4v) is 4.56. The number of hydrogen-bond acceptors (Lipinski definition) is 14. The van der Waals surface area contributed by atoms with E-state index in [-0.39, 0.29) is 109 Å². The van der Waals surface area contributed by atoms with Crippen molar-refractivity contribution in [2.45, 2.75) is 126 Å². The second-order valence-electron chi connectivity index (χ2n) is 16.8. The minimum absolute atomic E-state index is 0. The third-order valence-corrected chi connectivity index (χ3v) is 7.90. The molecule has 0 heterocycles. The van der Waals surface area contributed by atoms with Gasteiger partial charge in [-0.15, -0.1) is 0 Å².